The highest BCUT2D eigenvalue weighted by Crippen LogP contribution is 2.29. The summed E-state index contributed by atoms with van der Waals surface area (Å²) in [7, 11) is -4.02. The number of nitrogens with zero attached hydrogens (tertiary/aromatic N) is 1. The van der Waals surface area contributed by atoms with E-state index in [2.05, 4.69) is 0 Å². The predicted octanol–water partition coefficient (Wildman–Crippen LogP) is 1.75. The molecule has 1 aliphatic heterocycles. The molecule has 7 heteroatoms. The summed E-state index contributed by atoms with van der Waals surface area (Å²) in [5.41, 5.74) is 0. The van der Waals surface area contributed by atoms with Crippen molar-refractivity contribution in [2.45, 2.75) is 30.7 Å². The molecule has 0 aromatic heterocycles. The van der Waals surface area contributed by atoms with Crippen LogP contribution in [0.4, 0.5) is 8.78 Å². The topological polar surface area (TPSA) is 57.6 Å². The fourth-order valence-corrected chi connectivity index (χ4v) is 4.23. The SMILES string of the molecule is CC1CCC(CO)CN1S(=O)(=O)c1ccc(F)cc1F. The molecule has 2 rings (SSSR count). The Hall–Kier alpha value is -1.05. The minimum Gasteiger partial charge on any atom is -0.396 e. The van der Waals surface area contributed by atoms with Gasteiger partial charge in [-0.3, -0.25) is 0 Å². The largest absolute Gasteiger partial charge is 0.396 e. The molecule has 20 heavy (non-hydrogen) atoms. The van der Waals surface area contributed by atoms with Gasteiger partial charge in [0.25, 0.3) is 0 Å². The summed E-state index contributed by atoms with van der Waals surface area (Å²) in [6.07, 6.45) is 1.34. The second-order valence-electron chi connectivity index (χ2n) is 5.12. The van der Waals surface area contributed by atoms with Crippen LogP contribution in [0.15, 0.2) is 23.1 Å². The summed E-state index contributed by atoms with van der Waals surface area (Å²) < 4.78 is 52.7. The van der Waals surface area contributed by atoms with Crippen LogP contribution < -0.4 is 0 Å². The lowest BCUT2D eigenvalue weighted by molar-refractivity contribution is 0.139. The quantitative estimate of drug-likeness (QED) is 0.925. The average molecular weight is 305 g/mol. The molecule has 1 aliphatic rings. The smallest absolute Gasteiger partial charge is 0.246 e. The van der Waals surface area contributed by atoms with Crippen molar-refractivity contribution < 1.29 is 22.3 Å². The van der Waals surface area contributed by atoms with Crippen molar-refractivity contribution >= 4 is 10.0 Å². The van der Waals surface area contributed by atoms with Crippen LogP contribution in [0, 0.1) is 17.6 Å². The molecule has 2 atom stereocenters. The minimum atomic E-state index is -4.02. The normalized spacial score (nSPS) is 24.8. The molecule has 0 radical (unpaired) electrons. The van der Waals surface area contributed by atoms with Crippen LogP contribution in [0.2, 0.25) is 0 Å². The molecular formula is C13H17F2NO3S. The van der Waals surface area contributed by atoms with E-state index in [1.54, 1.807) is 6.92 Å². The first-order valence-electron chi connectivity index (χ1n) is 6.44. The van der Waals surface area contributed by atoms with Crippen LogP contribution in [-0.2, 0) is 10.0 Å². The van der Waals surface area contributed by atoms with Crippen molar-refractivity contribution in [1.29, 1.82) is 0 Å². The third-order valence-corrected chi connectivity index (χ3v) is 5.67. The van der Waals surface area contributed by atoms with E-state index in [1.807, 2.05) is 0 Å². The lowest BCUT2D eigenvalue weighted by atomic mass is 9.96. The van der Waals surface area contributed by atoms with E-state index >= 15 is 0 Å². The van der Waals surface area contributed by atoms with Crippen molar-refractivity contribution in [2.24, 2.45) is 5.92 Å². The van der Waals surface area contributed by atoms with E-state index in [9.17, 15) is 22.3 Å². The Morgan fingerprint density at radius 3 is 2.65 bits per heavy atom. The molecule has 2 unspecified atom stereocenters. The van der Waals surface area contributed by atoms with Crippen LogP contribution in [0.1, 0.15) is 19.8 Å². The summed E-state index contributed by atoms with van der Waals surface area (Å²) in [5.74, 6) is -2.06. The van der Waals surface area contributed by atoms with Crippen molar-refractivity contribution in [3.05, 3.63) is 29.8 Å². The van der Waals surface area contributed by atoms with Crippen LogP contribution in [0.5, 0.6) is 0 Å². The van der Waals surface area contributed by atoms with Gasteiger partial charge in [-0.05, 0) is 37.8 Å². The van der Waals surface area contributed by atoms with Gasteiger partial charge >= 0.3 is 0 Å². The van der Waals surface area contributed by atoms with Gasteiger partial charge in [-0.15, -0.1) is 0 Å². The Bertz CT molecular complexity index is 591. The van der Waals surface area contributed by atoms with Crippen LogP contribution in [-0.4, -0.2) is 37.0 Å². The van der Waals surface area contributed by atoms with Crippen molar-refractivity contribution in [3.8, 4) is 0 Å². The number of aliphatic hydroxyl groups is 1. The van der Waals surface area contributed by atoms with Crippen molar-refractivity contribution in [1.82, 2.24) is 4.31 Å². The van der Waals surface area contributed by atoms with Crippen molar-refractivity contribution in [2.75, 3.05) is 13.2 Å². The molecular weight excluding hydrogens is 288 g/mol. The lowest BCUT2D eigenvalue weighted by Gasteiger charge is -2.36. The van der Waals surface area contributed by atoms with Crippen LogP contribution >= 0.6 is 0 Å². The highest BCUT2D eigenvalue weighted by atomic mass is 32.2. The number of hydrogen-bond donors (Lipinski definition) is 1. The molecule has 0 saturated carbocycles. The minimum absolute atomic E-state index is 0.107. The van der Waals surface area contributed by atoms with Gasteiger partial charge in [-0.1, -0.05) is 0 Å². The van der Waals surface area contributed by atoms with Gasteiger partial charge < -0.3 is 5.11 Å². The Morgan fingerprint density at radius 1 is 1.35 bits per heavy atom. The number of halogens is 2. The molecule has 0 aliphatic carbocycles. The highest BCUT2D eigenvalue weighted by molar-refractivity contribution is 7.89. The molecule has 0 amide bonds. The lowest BCUT2D eigenvalue weighted by Crippen LogP contribution is -2.46. The summed E-state index contributed by atoms with van der Waals surface area (Å²) >= 11 is 0. The molecule has 112 valence electrons. The van der Waals surface area contributed by atoms with Gasteiger partial charge in [0, 0.05) is 25.3 Å². The van der Waals surface area contributed by atoms with E-state index < -0.39 is 26.6 Å². The van der Waals surface area contributed by atoms with Crippen LogP contribution in [0.25, 0.3) is 0 Å². The van der Waals surface area contributed by atoms with E-state index in [-0.39, 0.29) is 25.1 Å². The van der Waals surface area contributed by atoms with Crippen LogP contribution in [0.3, 0.4) is 0 Å². The highest BCUT2D eigenvalue weighted by Gasteiger charge is 2.36. The zero-order chi connectivity index (χ0) is 14.9. The first-order chi connectivity index (χ1) is 9.36. The first-order valence-corrected chi connectivity index (χ1v) is 7.88. The third-order valence-electron chi connectivity index (χ3n) is 3.66. The monoisotopic (exact) mass is 305 g/mol. The van der Waals surface area contributed by atoms with Gasteiger partial charge in [0.05, 0.1) is 0 Å². The molecule has 1 N–H and O–H groups in total. The molecule has 1 heterocycles. The Labute approximate surface area is 117 Å². The number of piperidine rings is 1. The fourth-order valence-electron chi connectivity index (χ4n) is 2.44. The molecule has 1 aromatic carbocycles. The fraction of sp³-hybridized carbons (Fsp3) is 0.538. The predicted molar refractivity (Wildman–Crippen MR) is 69.5 cm³/mol. The van der Waals surface area contributed by atoms with E-state index in [0.717, 1.165) is 18.6 Å². The maximum Gasteiger partial charge on any atom is 0.246 e. The van der Waals surface area contributed by atoms with Crippen molar-refractivity contribution in [3.63, 3.8) is 0 Å². The summed E-state index contributed by atoms with van der Waals surface area (Å²) in [5, 5.41) is 9.18. The average Bonchev–Trinajstić information content (AvgIpc) is 2.38. The summed E-state index contributed by atoms with van der Waals surface area (Å²) in [6, 6.07) is 2.15. The maximum absolute atomic E-state index is 13.7. The number of benzene rings is 1. The summed E-state index contributed by atoms with van der Waals surface area (Å²) in [6.45, 7) is 1.79. The van der Waals surface area contributed by atoms with Gasteiger partial charge in [-0.2, -0.15) is 4.31 Å². The molecule has 1 fully saturated rings. The van der Waals surface area contributed by atoms with Gasteiger partial charge in [0.15, 0.2) is 0 Å². The second-order valence-corrected chi connectivity index (χ2v) is 6.98. The Balaban J connectivity index is 2.38. The van der Waals surface area contributed by atoms with E-state index in [4.69, 9.17) is 0 Å². The number of sulfonamides is 1. The molecule has 4 nitrogen and oxygen atoms in total. The van der Waals surface area contributed by atoms with Gasteiger partial charge in [0.2, 0.25) is 10.0 Å². The van der Waals surface area contributed by atoms with E-state index in [0.29, 0.717) is 12.5 Å². The third kappa shape index (κ3) is 2.84. The standard InChI is InChI=1S/C13H17F2NO3S/c1-9-2-3-10(8-17)7-16(9)20(18,19)13-5-4-11(14)6-12(13)15/h4-6,9-10,17H,2-3,7-8H2,1H3. The Kier molecular flexibility index (Phi) is 4.41. The second kappa shape index (κ2) is 5.75. The maximum atomic E-state index is 13.7. The first kappa shape index (κ1) is 15.3. The van der Waals surface area contributed by atoms with Gasteiger partial charge in [-0.25, -0.2) is 17.2 Å². The summed E-state index contributed by atoms with van der Waals surface area (Å²) in [4.78, 5) is -0.524. The number of hydrogen-bond acceptors (Lipinski definition) is 3. The number of aliphatic hydroxyl groups excluding tert-OH is 1. The Morgan fingerprint density at radius 2 is 2.05 bits per heavy atom. The molecule has 0 bridgehead atoms. The molecule has 1 aromatic rings. The molecule has 0 spiro atoms. The number of rotatable bonds is 3. The van der Waals surface area contributed by atoms with Gasteiger partial charge in [0.1, 0.15) is 16.5 Å². The zero-order valence-corrected chi connectivity index (χ0v) is 11.9. The zero-order valence-electron chi connectivity index (χ0n) is 11.1. The van der Waals surface area contributed by atoms with E-state index in [1.165, 1.54) is 4.31 Å². The molecule has 1 saturated heterocycles.